The van der Waals surface area contributed by atoms with E-state index >= 15 is 0 Å². The average molecular weight is 803 g/mol. The zero-order chi connectivity index (χ0) is 41.4. The Balaban J connectivity index is 1.05. The second kappa shape index (κ2) is 14.1. The average Bonchev–Trinajstić information content (AvgIpc) is 4.03. The molecule has 0 radical (unpaired) electrons. The van der Waals surface area contributed by atoms with Crippen molar-refractivity contribution in [2.24, 2.45) is 0 Å². The van der Waals surface area contributed by atoms with Crippen molar-refractivity contribution in [1.29, 1.82) is 0 Å². The van der Waals surface area contributed by atoms with Crippen LogP contribution in [0.3, 0.4) is 0 Å². The molecule has 4 heteroatoms. The summed E-state index contributed by atoms with van der Waals surface area (Å²) in [5, 5.41) is 14.0. The maximum absolute atomic E-state index is 5.49. The number of fused-ring (bicyclic) bond motifs is 9. The molecule has 0 bridgehead atoms. The van der Waals surface area contributed by atoms with E-state index in [-0.39, 0.29) is 0 Å². The molecule has 13 aromatic rings. The van der Waals surface area contributed by atoms with Gasteiger partial charge in [-0.05, 0) is 88.3 Å². The number of para-hydroxylation sites is 5. The normalized spacial score (nSPS) is 11.8. The topological polar surface area (TPSA) is 27.7 Å². The second-order valence-corrected chi connectivity index (χ2v) is 16.4. The van der Waals surface area contributed by atoms with Gasteiger partial charge in [0.05, 0.1) is 33.3 Å². The number of rotatable bonds is 6. The molecule has 0 saturated heterocycles. The summed E-state index contributed by atoms with van der Waals surface area (Å²) in [7, 11) is 0. The largest absolute Gasteiger partial charge is 0.309 e. The third kappa shape index (κ3) is 5.52. The Morgan fingerprint density at radius 1 is 0.302 bits per heavy atom. The third-order valence-electron chi connectivity index (χ3n) is 12.8. The summed E-state index contributed by atoms with van der Waals surface area (Å²) in [5.41, 5.74) is 15.7. The van der Waals surface area contributed by atoms with Gasteiger partial charge in [-0.3, -0.25) is 0 Å². The lowest BCUT2D eigenvalue weighted by Gasteiger charge is -2.16. The number of hydrogen-bond donors (Lipinski definition) is 0. The Hall–Kier alpha value is -8.47. The highest BCUT2D eigenvalue weighted by molar-refractivity contribution is 6.17. The number of aromatic nitrogens is 4. The van der Waals surface area contributed by atoms with Crippen LogP contribution in [0.1, 0.15) is 0 Å². The van der Waals surface area contributed by atoms with Gasteiger partial charge in [0.25, 0.3) is 0 Å². The molecular formula is C59H38N4. The highest BCUT2D eigenvalue weighted by Gasteiger charge is 2.22. The quantitative estimate of drug-likeness (QED) is 0.165. The molecule has 0 atom stereocenters. The SMILES string of the molecule is c1ccc(-c2cc3ccccc3c3c2c(-c2ccc(-c4cc(-n5c6ccccc6c6ccccc65)cc(-n5c6ccccc6c6ccccc65)c4)cc2)nn3-c2ccccc2)cc1. The lowest BCUT2D eigenvalue weighted by Crippen LogP contribution is -2.00. The van der Waals surface area contributed by atoms with Crippen molar-refractivity contribution in [3.63, 3.8) is 0 Å². The van der Waals surface area contributed by atoms with E-state index in [1.807, 2.05) is 0 Å². The standard InChI is InChI=1S/C59H38N4/c1-3-17-40(18-4-1)52-37-42-19-7-8-22-47(42)59-57(52)58(60-63(59)44-20-5-2-6-21-44)41-33-31-39(32-34-41)43-35-45(61-53-27-13-9-23-48(53)49-24-10-14-28-54(49)61)38-46(36-43)62-55-29-15-11-25-50(55)51-26-12-16-30-56(51)62/h1-38H. The Kier molecular flexibility index (Phi) is 7.87. The van der Waals surface area contributed by atoms with Crippen molar-refractivity contribution in [3.05, 3.63) is 231 Å². The van der Waals surface area contributed by atoms with Crippen molar-refractivity contribution >= 4 is 65.3 Å². The molecule has 294 valence electrons. The van der Waals surface area contributed by atoms with Gasteiger partial charge < -0.3 is 9.13 Å². The van der Waals surface area contributed by atoms with Crippen LogP contribution in [-0.4, -0.2) is 18.9 Å². The van der Waals surface area contributed by atoms with Crippen molar-refractivity contribution in [2.75, 3.05) is 0 Å². The van der Waals surface area contributed by atoms with E-state index in [0.717, 1.165) is 55.9 Å². The molecule has 13 rings (SSSR count). The zero-order valence-corrected chi connectivity index (χ0v) is 34.2. The summed E-state index contributed by atoms with van der Waals surface area (Å²) < 4.78 is 7.00. The fraction of sp³-hybridized carbons (Fsp3) is 0. The first-order valence-corrected chi connectivity index (χ1v) is 21.6. The summed E-state index contributed by atoms with van der Waals surface area (Å²) in [6.45, 7) is 0. The minimum absolute atomic E-state index is 0.954. The summed E-state index contributed by atoms with van der Waals surface area (Å²) in [6.07, 6.45) is 0. The van der Waals surface area contributed by atoms with E-state index in [1.165, 1.54) is 59.9 Å². The first-order chi connectivity index (χ1) is 31.3. The third-order valence-corrected chi connectivity index (χ3v) is 12.8. The summed E-state index contributed by atoms with van der Waals surface area (Å²) >= 11 is 0. The van der Waals surface area contributed by atoms with Crippen LogP contribution in [0.25, 0.3) is 116 Å². The van der Waals surface area contributed by atoms with Crippen LogP contribution in [0.15, 0.2) is 231 Å². The molecule has 0 aliphatic heterocycles. The number of nitrogens with zero attached hydrogens (tertiary/aromatic N) is 4. The van der Waals surface area contributed by atoms with Crippen LogP contribution in [0, 0.1) is 0 Å². The Morgan fingerprint density at radius 3 is 1.29 bits per heavy atom. The van der Waals surface area contributed by atoms with Crippen LogP contribution in [0.4, 0.5) is 0 Å². The highest BCUT2D eigenvalue weighted by atomic mass is 15.3. The van der Waals surface area contributed by atoms with Crippen LogP contribution in [0.2, 0.25) is 0 Å². The number of benzene rings is 10. The molecule has 10 aromatic carbocycles. The van der Waals surface area contributed by atoms with Gasteiger partial charge >= 0.3 is 0 Å². The smallest absolute Gasteiger partial charge is 0.101 e. The van der Waals surface area contributed by atoms with Crippen molar-refractivity contribution in [3.8, 4) is 50.6 Å². The molecule has 0 saturated carbocycles. The molecule has 63 heavy (non-hydrogen) atoms. The van der Waals surface area contributed by atoms with Gasteiger partial charge in [0, 0.05) is 49.3 Å². The molecule has 0 amide bonds. The molecule has 0 aliphatic rings. The molecule has 0 spiro atoms. The first-order valence-electron chi connectivity index (χ1n) is 21.6. The highest BCUT2D eigenvalue weighted by Crippen LogP contribution is 2.43. The molecule has 0 fully saturated rings. The maximum Gasteiger partial charge on any atom is 0.101 e. The van der Waals surface area contributed by atoms with Crippen molar-refractivity contribution in [2.45, 2.75) is 0 Å². The van der Waals surface area contributed by atoms with E-state index in [2.05, 4.69) is 244 Å². The van der Waals surface area contributed by atoms with Gasteiger partial charge in [0.1, 0.15) is 5.69 Å². The van der Waals surface area contributed by atoms with Gasteiger partial charge in [-0.2, -0.15) is 5.10 Å². The summed E-state index contributed by atoms with van der Waals surface area (Å²) in [5.74, 6) is 0. The Morgan fingerprint density at radius 2 is 0.746 bits per heavy atom. The molecule has 3 aromatic heterocycles. The van der Waals surface area contributed by atoms with Crippen molar-refractivity contribution in [1.82, 2.24) is 18.9 Å². The van der Waals surface area contributed by atoms with E-state index in [9.17, 15) is 0 Å². The Labute approximate surface area is 363 Å². The van der Waals surface area contributed by atoms with Crippen LogP contribution >= 0.6 is 0 Å². The van der Waals surface area contributed by atoms with Gasteiger partial charge in [-0.25, -0.2) is 4.68 Å². The van der Waals surface area contributed by atoms with E-state index < -0.39 is 0 Å². The zero-order valence-electron chi connectivity index (χ0n) is 34.2. The molecular weight excluding hydrogens is 765 g/mol. The molecule has 0 aliphatic carbocycles. The fourth-order valence-corrected chi connectivity index (χ4v) is 10.0. The summed E-state index contributed by atoms with van der Waals surface area (Å²) in [6, 6.07) is 83.4. The minimum atomic E-state index is 0.954. The van der Waals surface area contributed by atoms with Crippen LogP contribution in [-0.2, 0) is 0 Å². The molecule has 4 nitrogen and oxygen atoms in total. The van der Waals surface area contributed by atoms with Crippen molar-refractivity contribution < 1.29 is 0 Å². The number of hydrogen-bond acceptors (Lipinski definition) is 1. The van der Waals surface area contributed by atoms with E-state index in [1.54, 1.807) is 0 Å². The van der Waals surface area contributed by atoms with E-state index in [4.69, 9.17) is 5.10 Å². The molecule has 0 unspecified atom stereocenters. The first kappa shape index (κ1) is 35.3. The van der Waals surface area contributed by atoms with Gasteiger partial charge in [0.15, 0.2) is 0 Å². The predicted octanol–water partition coefficient (Wildman–Crippen LogP) is 15.4. The molecule has 3 heterocycles. The minimum Gasteiger partial charge on any atom is -0.309 e. The Bertz CT molecular complexity index is 3650. The second-order valence-electron chi connectivity index (χ2n) is 16.4. The lowest BCUT2D eigenvalue weighted by molar-refractivity contribution is 0.918. The monoisotopic (exact) mass is 802 g/mol. The maximum atomic E-state index is 5.49. The fourth-order valence-electron chi connectivity index (χ4n) is 10.0. The van der Waals surface area contributed by atoms with Crippen LogP contribution in [0.5, 0.6) is 0 Å². The van der Waals surface area contributed by atoms with E-state index in [0.29, 0.717) is 0 Å². The van der Waals surface area contributed by atoms with Crippen LogP contribution < -0.4 is 0 Å². The molecule has 0 N–H and O–H groups in total. The van der Waals surface area contributed by atoms with Gasteiger partial charge in [-0.15, -0.1) is 0 Å². The lowest BCUT2D eigenvalue weighted by atomic mass is 9.93. The summed E-state index contributed by atoms with van der Waals surface area (Å²) in [4.78, 5) is 0. The van der Waals surface area contributed by atoms with Gasteiger partial charge in [0.2, 0.25) is 0 Å². The predicted molar refractivity (Wildman–Crippen MR) is 264 cm³/mol. The van der Waals surface area contributed by atoms with Gasteiger partial charge in [-0.1, -0.05) is 170 Å².